The van der Waals surface area contributed by atoms with Crippen LogP contribution in [0.5, 0.6) is 0 Å². The molecule has 1 aromatic rings. The van der Waals surface area contributed by atoms with Gasteiger partial charge in [0.1, 0.15) is 0 Å². The summed E-state index contributed by atoms with van der Waals surface area (Å²) in [5, 5.41) is 3.06. The summed E-state index contributed by atoms with van der Waals surface area (Å²) < 4.78 is 0. The van der Waals surface area contributed by atoms with Gasteiger partial charge in [-0.05, 0) is 37.5 Å². The van der Waals surface area contributed by atoms with Gasteiger partial charge in [0, 0.05) is 30.8 Å². The van der Waals surface area contributed by atoms with Crippen LogP contribution in [0.1, 0.15) is 49.9 Å². The molecule has 0 saturated carbocycles. The first-order chi connectivity index (χ1) is 10.5. The van der Waals surface area contributed by atoms with Crippen LogP contribution in [0, 0.1) is 0 Å². The van der Waals surface area contributed by atoms with Crippen LogP contribution in [-0.2, 0) is 4.79 Å². The highest BCUT2D eigenvalue weighted by molar-refractivity contribution is 5.99. The fourth-order valence-electron chi connectivity index (χ4n) is 2.82. The molecule has 2 amide bonds. The number of amides is 2. The smallest absolute Gasteiger partial charge is 0.251 e. The molecular weight excluding hydrogens is 314 g/mol. The lowest BCUT2D eigenvalue weighted by Gasteiger charge is -2.31. The van der Waals surface area contributed by atoms with Crippen molar-refractivity contribution in [1.82, 2.24) is 5.32 Å². The third-order valence-corrected chi connectivity index (χ3v) is 4.62. The molecule has 6 heteroatoms. The van der Waals surface area contributed by atoms with E-state index in [0.717, 1.165) is 31.5 Å². The highest BCUT2D eigenvalue weighted by Gasteiger charge is 2.27. The third-order valence-electron chi connectivity index (χ3n) is 4.62. The van der Waals surface area contributed by atoms with E-state index < -0.39 is 0 Å². The first kappa shape index (κ1) is 19.5. The van der Waals surface area contributed by atoms with E-state index in [-0.39, 0.29) is 29.8 Å². The van der Waals surface area contributed by atoms with Gasteiger partial charge < -0.3 is 16.0 Å². The van der Waals surface area contributed by atoms with Crippen molar-refractivity contribution in [3.63, 3.8) is 0 Å². The largest absolute Gasteiger partial charge is 0.345 e. The Labute approximate surface area is 144 Å². The lowest BCUT2D eigenvalue weighted by molar-refractivity contribution is -0.117. The van der Waals surface area contributed by atoms with Gasteiger partial charge in [-0.1, -0.05) is 19.9 Å². The van der Waals surface area contributed by atoms with Crippen LogP contribution in [-0.4, -0.2) is 30.4 Å². The first-order valence-electron chi connectivity index (χ1n) is 7.98. The predicted molar refractivity (Wildman–Crippen MR) is 95.1 cm³/mol. The van der Waals surface area contributed by atoms with Crippen molar-refractivity contribution in [2.45, 2.75) is 45.1 Å². The summed E-state index contributed by atoms with van der Waals surface area (Å²) in [6.07, 6.45) is 3.03. The van der Waals surface area contributed by atoms with E-state index in [1.54, 1.807) is 17.0 Å². The Kier molecular flexibility index (Phi) is 7.03. The van der Waals surface area contributed by atoms with Crippen molar-refractivity contribution >= 4 is 29.9 Å². The van der Waals surface area contributed by atoms with E-state index in [4.69, 9.17) is 5.73 Å². The van der Waals surface area contributed by atoms with Gasteiger partial charge in [0.05, 0.1) is 5.54 Å². The molecule has 1 aliphatic rings. The molecule has 1 fully saturated rings. The van der Waals surface area contributed by atoms with Gasteiger partial charge in [0.2, 0.25) is 5.91 Å². The Morgan fingerprint density at radius 1 is 1.35 bits per heavy atom. The molecule has 0 spiro atoms. The minimum atomic E-state index is -0.365. The highest BCUT2D eigenvalue weighted by atomic mass is 35.5. The Morgan fingerprint density at radius 2 is 2.04 bits per heavy atom. The summed E-state index contributed by atoms with van der Waals surface area (Å²) in [4.78, 5) is 26.1. The number of nitrogens with one attached hydrogen (secondary N) is 1. The maximum absolute atomic E-state index is 12.5. The number of hydrogen-bond acceptors (Lipinski definition) is 3. The van der Waals surface area contributed by atoms with E-state index in [1.165, 1.54) is 0 Å². The molecule has 0 aliphatic carbocycles. The van der Waals surface area contributed by atoms with Gasteiger partial charge in [-0.3, -0.25) is 9.59 Å². The molecule has 1 aromatic carbocycles. The Morgan fingerprint density at radius 3 is 2.57 bits per heavy atom. The second kappa shape index (κ2) is 8.31. The van der Waals surface area contributed by atoms with Crippen molar-refractivity contribution in [3.8, 4) is 0 Å². The summed E-state index contributed by atoms with van der Waals surface area (Å²) in [5.74, 6) is -0.0152. The summed E-state index contributed by atoms with van der Waals surface area (Å²) in [6.45, 7) is 5.18. The van der Waals surface area contributed by atoms with Crippen molar-refractivity contribution in [2.75, 3.05) is 18.0 Å². The van der Waals surface area contributed by atoms with Crippen LogP contribution in [0.15, 0.2) is 24.3 Å². The van der Waals surface area contributed by atoms with Crippen LogP contribution in [0.2, 0.25) is 0 Å². The number of carbonyl (C=O) groups is 2. The van der Waals surface area contributed by atoms with Crippen LogP contribution in [0.4, 0.5) is 5.69 Å². The molecule has 3 N–H and O–H groups in total. The van der Waals surface area contributed by atoms with Crippen LogP contribution in [0.25, 0.3) is 0 Å². The Balaban J connectivity index is 0.00000264. The average Bonchev–Trinajstić information content (AvgIpc) is 2.99. The second-order valence-electron chi connectivity index (χ2n) is 5.84. The van der Waals surface area contributed by atoms with Gasteiger partial charge in [0.25, 0.3) is 5.91 Å². The normalized spacial score (nSPS) is 14.6. The van der Waals surface area contributed by atoms with Gasteiger partial charge in [-0.2, -0.15) is 0 Å². The first-order valence-corrected chi connectivity index (χ1v) is 7.98. The number of benzene rings is 1. The van der Waals surface area contributed by atoms with E-state index in [1.807, 2.05) is 26.0 Å². The zero-order valence-corrected chi connectivity index (χ0v) is 14.6. The number of nitrogens with zero attached hydrogens (tertiary/aromatic N) is 1. The zero-order valence-electron chi connectivity index (χ0n) is 13.8. The van der Waals surface area contributed by atoms with Crippen LogP contribution in [0.3, 0.4) is 0 Å². The average molecular weight is 340 g/mol. The van der Waals surface area contributed by atoms with Crippen molar-refractivity contribution < 1.29 is 9.59 Å². The summed E-state index contributed by atoms with van der Waals surface area (Å²) in [7, 11) is 0. The molecule has 1 heterocycles. The lowest BCUT2D eigenvalue weighted by Crippen LogP contribution is -2.52. The molecule has 0 unspecified atom stereocenters. The number of anilines is 1. The number of nitrogens with two attached hydrogens (primary N) is 1. The topological polar surface area (TPSA) is 75.4 Å². The van der Waals surface area contributed by atoms with Crippen LogP contribution >= 0.6 is 12.4 Å². The molecular formula is C17H26ClN3O2. The summed E-state index contributed by atoms with van der Waals surface area (Å²) in [6, 6.07) is 7.24. The van der Waals surface area contributed by atoms with E-state index in [9.17, 15) is 9.59 Å². The number of carbonyl (C=O) groups excluding carboxylic acids is 2. The maximum Gasteiger partial charge on any atom is 0.251 e. The fraction of sp³-hybridized carbons (Fsp3) is 0.529. The van der Waals surface area contributed by atoms with Crippen molar-refractivity contribution in [2.24, 2.45) is 5.73 Å². The standard InChI is InChI=1S/C17H25N3O2.ClH/c1-3-17(4-2,12-18)19-16(22)13-7-5-8-14(11-13)20-10-6-9-15(20)21;/h5,7-8,11H,3-4,6,9-10,12,18H2,1-2H3,(H,19,22);1H. The molecule has 5 nitrogen and oxygen atoms in total. The Bertz CT molecular complexity index is 550. The van der Waals surface area contributed by atoms with E-state index in [2.05, 4.69) is 5.32 Å². The highest BCUT2D eigenvalue weighted by Crippen LogP contribution is 2.23. The predicted octanol–water partition coefficient (Wildman–Crippen LogP) is 2.48. The molecule has 0 radical (unpaired) electrons. The number of hydrogen-bond donors (Lipinski definition) is 2. The number of rotatable bonds is 6. The summed E-state index contributed by atoms with van der Waals surface area (Å²) >= 11 is 0. The van der Waals surface area contributed by atoms with Gasteiger partial charge in [-0.25, -0.2) is 0 Å². The number of halogens is 1. The second-order valence-corrected chi connectivity index (χ2v) is 5.84. The molecule has 128 valence electrons. The molecule has 1 saturated heterocycles. The van der Waals surface area contributed by atoms with E-state index in [0.29, 0.717) is 18.5 Å². The molecule has 0 aromatic heterocycles. The molecule has 0 bridgehead atoms. The zero-order chi connectivity index (χ0) is 16.2. The van der Waals surface area contributed by atoms with Gasteiger partial charge in [-0.15, -0.1) is 12.4 Å². The lowest BCUT2D eigenvalue weighted by atomic mass is 9.92. The minimum Gasteiger partial charge on any atom is -0.345 e. The van der Waals surface area contributed by atoms with Gasteiger partial charge in [0.15, 0.2) is 0 Å². The monoisotopic (exact) mass is 339 g/mol. The fourth-order valence-corrected chi connectivity index (χ4v) is 2.82. The molecule has 1 aliphatic heterocycles. The summed E-state index contributed by atoms with van der Waals surface area (Å²) in [5.41, 5.74) is 6.83. The maximum atomic E-state index is 12.5. The molecule has 23 heavy (non-hydrogen) atoms. The quantitative estimate of drug-likeness (QED) is 0.836. The minimum absolute atomic E-state index is 0. The molecule has 0 atom stereocenters. The third kappa shape index (κ3) is 4.24. The Hall–Kier alpha value is -1.59. The molecule has 2 rings (SSSR count). The van der Waals surface area contributed by atoms with Crippen molar-refractivity contribution in [1.29, 1.82) is 0 Å². The SMILES string of the molecule is CCC(CC)(CN)NC(=O)c1cccc(N2CCCC2=O)c1.Cl. The van der Waals surface area contributed by atoms with Crippen molar-refractivity contribution in [3.05, 3.63) is 29.8 Å². The van der Waals surface area contributed by atoms with Crippen LogP contribution < -0.4 is 16.0 Å². The van der Waals surface area contributed by atoms with Gasteiger partial charge >= 0.3 is 0 Å². The van der Waals surface area contributed by atoms with E-state index >= 15 is 0 Å².